The third kappa shape index (κ3) is 2.22. The van der Waals surface area contributed by atoms with E-state index in [0.717, 1.165) is 12.8 Å². The van der Waals surface area contributed by atoms with E-state index in [9.17, 15) is 9.59 Å². The van der Waals surface area contributed by atoms with E-state index in [4.69, 9.17) is 4.52 Å². The molecule has 1 unspecified atom stereocenters. The predicted molar refractivity (Wildman–Crippen MR) is 69.1 cm³/mol. The van der Waals surface area contributed by atoms with Crippen molar-refractivity contribution in [2.75, 3.05) is 6.54 Å². The average molecular weight is 274 g/mol. The topological polar surface area (TPSA) is 92.1 Å². The second-order valence-corrected chi connectivity index (χ2v) is 4.78. The van der Waals surface area contributed by atoms with Gasteiger partial charge in [-0.3, -0.25) is 9.59 Å². The van der Waals surface area contributed by atoms with Crippen LogP contribution in [0.1, 0.15) is 41.0 Å². The van der Waals surface area contributed by atoms with Crippen molar-refractivity contribution in [1.82, 2.24) is 20.0 Å². The van der Waals surface area contributed by atoms with Crippen LogP contribution in [-0.4, -0.2) is 32.5 Å². The second-order valence-electron chi connectivity index (χ2n) is 4.78. The lowest BCUT2D eigenvalue weighted by molar-refractivity contribution is 0.0709. The number of hydrogen-bond acceptors (Lipinski definition) is 5. The Labute approximate surface area is 114 Å². The number of nitrogens with zero attached hydrogens (tertiary/aromatic N) is 3. The number of H-pyrrole nitrogens is 1. The Hall–Kier alpha value is -2.44. The lowest BCUT2D eigenvalue weighted by Crippen LogP contribution is -2.31. The van der Waals surface area contributed by atoms with Crippen molar-refractivity contribution in [3.63, 3.8) is 0 Å². The van der Waals surface area contributed by atoms with E-state index >= 15 is 0 Å². The molecule has 1 saturated heterocycles. The molecule has 7 heteroatoms. The van der Waals surface area contributed by atoms with Crippen LogP contribution in [-0.2, 0) is 0 Å². The number of nitrogens with one attached hydrogen (secondary N) is 1. The van der Waals surface area contributed by atoms with E-state index in [-0.39, 0.29) is 17.5 Å². The molecule has 1 fully saturated rings. The Balaban J connectivity index is 1.86. The first kappa shape index (κ1) is 12.6. The summed E-state index contributed by atoms with van der Waals surface area (Å²) in [7, 11) is 0. The molecule has 2 aromatic rings. The van der Waals surface area contributed by atoms with Gasteiger partial charge in [0.2, 0.25) is 11.4 Å². The maximum Gasteiger partial charge on any atom is 0.256 e. The number of carbonyl (C=O) groups excluding carboxylic acids is 1. The van der Waals surface area contributed by atoms with Crippen LogP contribution in [0.25, 0.3) is 0 Å². The van der Waals surface area contributed by atoms with Crippen LogP contribution >= 0.6 is 0 Å². The molecule has 3 rings (SSSR count). The molecule has 1 amide bonds. The first-order valence-electron chi connectivity index (χ1n) is 6.45. The van der Waals surface area contributed by atoms with E-state index in [2.05, 4.69) is 15.1 Å². The lowest BCUT2D eigenvalue weighted by atomic mass is 10.2. The summed E-state index contributed by atoms with van der Waals surface area (Å²) < 4.78 is 5.17. The van der Waals surface area contributed by atoms with Gasteiger partial charge in [-0.1, -0.05) is 5.16 Å². The molecule has 2 aromatic heterocycles. The zero-order valence-electron chi connectivity index (χ0n) is 11.0. The van der Waals surface area contributed by atoms with Gasteiger partial charge >= 0.3 is 0 Å². The number of aryl methyl sites for hydroxylation is 1. The summed E-state index contributed by atoms with van der Waals surface area (Å²) in [6.07, 6.45) is 3.12. The van der Waals surface area contributed by atoms with Gasteiger partial charge in [-0.05, 0) is 25.8 Å². The molecule has 0 aliphatic carbocycles. The van der Waals surface area contributed by atoms with Gasteiger partial charge in [-0.15, -0.1) is 0 Å². The average Bonchev–Trinajstić information content (AvgIpc) is 3.07. The highest BCUT2D eigenvalue weighted by Crippen LogP contribution is 2.31. The maximum atomic E-state index is 12.5. The minimum absolute atomic E-state index is 0.139. The number of amides is 1. The van der Waals surface area contributed by atoms with Gasteiger partial charge in [0.05, 0.1) is 5.56 Å². The van der Waals surface area contributed by atoms with Gasteiger partial charge in [0.25, 0.3) is 5.91 Å². The second kappa shape index (κ2) is 4.92. The number of pyridine rings is 1. The summed E-state index contributed by atoms with van der Waals surface area (Å²) >= 11 is 0. The van der Waals surface area contributed by atoms with E-state index in [1.807, 2.05) is 0 Å². The molecule has 0 saturated carbocycles. The molecular formula is C13H14N4O3. The Morgan fingerprint density at radius 1 is 1.50 bits per heavy atom. The molecule has 20 heavy (non-hydrogen) atoms. The van der Waals surface area contributed by atoms with Crippen molar-refractivity contribution in [3.05, 3.63) is 46.0 Å². The summed E-state index contributed by atoms with van der Waals surface area (Å²) in [5.74, 6) is 0.890. The molecule has 0 radical (unpaired) electrons. The Kier molecular flexibility index (Phi) is 3.09. The smallest absolute Gasteiger partial charge is 0.256 e. The molecule has 1 atom stereocenters. The van der Waals surface area contributed by atoms with Crippen molar-refractivity contribution < 1.29 is 9.32 Å². The molecule has 0 aromatic carbocycles. The van der Waals surface area contributed by atoms with Crippen LogP contribution in [0.15, 0.2) is 27.6 Å². The zero-order chi connectivity index (χ0) is 14.1. The molecule has 104 valence electrons. The van der Waals surface area contributed by atoms with Crippen LogP contribution in [0, 0.1) is 6.92 Å². The van der Waals surface area contributed by atoms with Gasteiger partial charge in [-0.2, -0.15) is 4.98 Å². The van der Waals surface area contributed by atoms with Gasteiger partial charge in [0.1, 0.15) is 6.04 Å². The van der Waals surface area contributed by atoms with E-state index in [1.54, 1.807) is 11.8 Å². The largest absolute Gasteiger partial charge is 0.337 e. The van der Waals surface area contributed by atoms with Gasteiger partial charge in [0, 0.05) is 18.8 Å². The highest BCUT2D eigenvalue weighted by molar-refractivity contribution is 5.94. The normalized spacial score (nSPS) is 18.4. The quantitative estimate of drug-likeness (QED) is 0.883. The van der Waals surface area contributed by atoms with E-state index in [1.165, 1.54) is 18.3 Å². The summed E-state index contributed by atoms with van der Waals surface area (Å²) in [6, 6.07) is 2.68. The summed E-state index contributed by atoms with van der Waals surface area (Å²) in [5, 5.41) is 3.77. The monoisotopic (exact) mass is 274 g/mol. The van der Waals surface area contributed by atoms with Gasteiger partial charge in [0.15, 0.2) is 5.82 Å². The fourth-order valence-electron chi connectivity index (χ4n) is 2.42. The number of hydrogen-bond donors (Lipinski definition) is 1. The summed E-state index contributed by atoms with van der Waals surface area (Å²) in [4.78, 5) is 31.9. The number of aromatic nitrogens is 3. The molecule has 0 spiro atoms. The van der Waals surface area contributed by atoms with Gasteiger partial charge < -0.3 is 14.4 Å². The minimum Gasteiger partial charge on any atom is -0.337 e. The van der Waals surface area contributed by atoms with Crippen molar-refractivity contribution in [2.24, 2.45) is 0 Å². The molecule has 0 bridgehead atoms. The van der Waals surface area contributed by atoms with Gasteiger partial charge in [-0.25, -0.2) is 0 Å². The highest BCUT2D eigenvalue weighted by Gasteiger charge is 2.34. The SMILES string of the molecule is Cc1noc(C2CCCN2C(=O)c2ccc(=O)[nH]c2)n1. The Morgan fingerprint density at radius 3 is 3.00 bits per heavy atom. The lowest BCUT2D eigenvalue weighted by Gasteiger charge is -2.21. The first-order valence-corrected chi connectivity index (χ1v) is 6.45. The molecule has 1 aliphatic rings. The molecule has 3 heterocycles. The van der Waals surface area contributed by atoms with Crippen LogP contribution < -0.4 is 5.56 Å². The van der Waals surface area contributed by atoms with E-state index in [0.29, 0.717) is 23.8 Å². The maximum absolute atomic E-state index is 12.5. The van der Waals surface area contributed by atoms with Crippen LogP contribution in [0.3, 0.4) is 0 Å². The van der Waals surface area contributed by atoms with Crippen molar-refractivity contribution in [3.8, 4) is 0 Å². The Morgan fingerprint density at radius 2 is 2.35 bits per heavy atom. The Bertz CT molecular complexity index is 670. The molecule has 1 N–H and O–H groups in total. The van der Waals surface area contributed by atoms with Crippen molar-refractivity contribution in [2.45, 2.75) is 25.8 Å². The van der Waals surface area contributed by atoms with Crippen LogP contribution in [0.5, 0.6) is 0 Å². The number of likely N-dealkylation sites (tertiary alicyclic amines) is 1. The summed E-state index contributed by atoms with van der Waals surface area (Å²) in [6.45, 7) is 2.39. The fourth-order valence-corrected chi connectivity index (χ4v) is 2.42. The number of aromatic amines is 1. The van der Waals surface area contributed by atoms with Crippen molar-refractivity contribution in [1.29, 1.82) is 0 Å². The van der Waals surface area contributed by atoms with Crippen LogP contribution in [0.2, 0.25) is 0 Å². The fraction of sp³-hybridized carbons (Fsp3) is 0.385. The molecular weight excluding hydrogens is 260 g/mol. The minimum atomic E-state index is -0.230. The predicted octanol–water partition coefficient (Wildman–Crippen LogP) is 1.04. The van der Waals surface area contributed by atoms with E-state index < -0.39 is 0 Å². The third-order valence-electron chi connectivity index (χ3n) is 3.37. The van der Waals surface area contributed by atoms with Crippen LogP contribution in [0.4, 0.5) is 0 Å². The number of rotatable bonds is 2. The standard InChI is InChI=1S/C13H14N4O3/c1-8-15-12(20-16-8)10-3-2-6-17(10)13(19)9-4-5-11(18)14-7-9/h4-5,7,10H,2-3,6H2,1H3,(H,14,18). The first-order chi connectivity index (χ1) is 9.65. The highest BCUT2D eigenvalue weighted by atomic mass is 16.5. The summed E-state index contributed by atoms with van der Waals surface area (Å²) in [5.41, 5.74) is 0.222. The molecule has 1 aliphatic heterocycles. The zero-order valence-corrected chi connectivity index (χ0v) is 11.0. The number of carbonyl (C=O) groups is 1. The molecule has 7 nitrogen and oxygen atoms in total. The third-order valence-corrected chi connectivity index (χ3v) is 3.37. The van der Waals surface area contributed by atoms with Crippen molar-refractivity contribution >= 4 is 5.91 Å².